The van der Waals surface area contributed by atoms with E-state index in [1.807, 2.05) is 48.9 Å². The predicted octanol–water partition coefficient (Wildman–Crippen LogP) is 6.31. The molecule has 1 saturated heterocycles. The first-order valence-corrected chi connectivity index (χ1v) is 14.0. The van der Waals surface area contributed by atoms with Crippen molar-refractivity contribution in [1.82, 2.24) is 19.8 Å². The van der Waals surface area contributed by atoms with Gasteiger partial charge in [-0.25, -0.2) is 4.39 Å². The Morgan fingerprint density at radius 3 is 2.55 bits per heavy atom. The smallest absolute Gasteiger partial charge is 0.346 e. The molecule has 0 radical (unpaired) electrons. The summed E-state index contributed by atoms with van der Waals surface area (Å²) >= 11 is 0. The van der Waals surface area contributed by atoms with Gasteiger partial charge < -0.3 is 14.8 Å². The maximum Gasteiger partial charge on any atom is 0.471 e. The topological polar surface area (TPSA) is 67.2 Å². The lowest BCUT2D eigenvalue weighted by Crippen LogP contribution is -2.38. The molecule has 10 heteroatoms. The van der Waals surface area contributed by atoms with Gasteiger partial charge in [0, 0.05) is 50.2 Å². The standard InChI is InChI=1S/C32H32F4N4O2/c1-21-5-2-8-25-27(20-40(29(21)25)14-4-7-22-6-3-13-37-18-22)30(41)39-15-11-24(12-16-39)26-17-23(9-10-28(26)33)19-38-31(42)32(34,35)36/h2-3,5-6,8-10,13,17-18,20,24H,4,7,11-12,14-16,19H2,1H3,(H,38,42). The lowest BCUT2D eigenvalue weighted by atomic mass is 9.88. The molecule has 2 amide bonds. The van der Waals surface area contributed by atoms with E-state index in [2.05, 4.69) is 15.6 Å². The number of aryl methyl sites for hydroxylation is 3. The van der Waals surface area contributed by atoms with E-state index in [1.54, 1.807) is 11.1 Å². The Kier molecular flexibility index (Phi) is 8.61. The maximum absolute atomic E-state index is 14.7. The van der Waals surface area contributed by atoms with Crippen LogP contribution in [0.4, 0.5) is 17.6 Å². The third-order valence-electron chi connectivity index (χ3n) is 7.91. The largest absolute Gasteiger partial charge is 0.471 e. The average Bonchev–Trinajstić information content (AvgIpc) is 3.36. The highest BCUT2D eigenvalue weighted by molar-refractivity contribution is 6.07. The molecule has 1 aliphatic rings. The van der Waals surface area contributed by atoms with E-state index < -0.39 is 17.9 Å². The fraction of sp³-hybridized carbons (Fsp3) is 0.344. The number of rotatable bonds is 8. The van der Waals surface area contributed by atoms with Gasteiger partial charge in [-0.2, -0.15) is 13.2 Å². The summed E-state index contributed by atoms with van der Waals surface area (Å²) in [6.45, 7) is 3.30. The summed E-state index contributed by atoms with van der Waals surface area (Å²) in [7, 11) is 0. The van der Waals surface area contributed by atoms with E-state index in [-0.39, 0.29) is 18.4 Å². The minimum absolute atomic E-state index is 0.0702. The Labute approximate surface area is 241 Å². The summed E-state index contributed by atoms with van der Waals surface area (Å²) in [6, 6.07) is 14.0. The number of carbonyl (C=O) groups excluding carboxylic acids is 2. The molecular weight excluding hydrogens is 548 g/mol. The van der Waals surface area contributed by atoms with E-state index in [4.69, 9.17) is 0 Å². The first kappa shape index (κ1) is 29.3. The van der Waals surface area contributed by atoms with Crippen LogP contribution in [0.25, 0.3) is 10.9 Å². The molecule has 4 aromatic rings. The molecule has 6 nitrogen and oxygen atoms in total. The molecule has 1 fully saturated rings. The summed E-state index contributed by atoms with van der Waals surface area (Å²) in [5.74, 6) is -2.75. The van der Waals surface area contributed by atoms with Crippen LogP contribution in [0, 0.1) is 12.7 Å². The van der Waals surface area contributed by atoms with Gasteiger partial charge in [-0.05, 0) is 72.9 Å². The number of alkyl halides is 3. The number of likely N-dealkylation sites (tertiary alicyclic amines) is 1. The first-order chi connectivity index (χ1) is 20.1. The Morgan fingerprint density at radius 2 is 1.83 bits per heavy atom. The van der Waals surface area contributed by atoms with Gasteiger partial charge in [-0.3, -0.25) is 14.6 Å². The third-order valence-corrected chi connectivity index (χ3v) is 7.91. The Balaban J connectivity index is 1.26. The van der Waals surface area contributed by atoms with Crippen molar-refractivity contribution in [1.29, 1.82) is 0 Å². The molecule has 0 unspecified atom stereocenters. The Hall–Kier alpha value is -4.21. The summed E-state index contributed by atoms with van der Waals surface area (Å²) in [4.78, 5) is 30.9. The van der Waals surface area contributed by atoms with Crippen molar-refractivity contribution >= 4 is 22.7 Å². The van der Waals surface area contributed by atoms with Gasteiger partial charge in [0.25, 0.3) is 5.91 Å². The molecule has 2 aromatic heterocycles. The summed E-state index contributed by atoms with van der Waals surface area (Å²) in [5, 5.41) is 2.73. The van der Waals surface area contributed by atoms with Gasteiger partial charge in [-0.1, -0.05) is 36.4 Å². The molecule has 0 spiro atoms. The molecule has 5 rings (SSSR count). The van der Waals surface area contributed by atoms with Crippen molar-refractivity contribution < 1.29 is 27.2 Å². The number of carbonyl (C=O) groups is 2. The molecule has 220 valence electrons. The zero-order chi connectivity index (χ0) is 29.9. The number of amides is 2. The van der Waals surface area contributed by atoms with E-state index >= 15 is 0 Å². The number of nitrogens with zero attached hydrogens (tertiary/aromatic N) is 3. The van der Waals surface area contributed by atoms with Crippen molar-refractivity contribution in [2.24, 2.45) is 0 Å². The molecule has 0 atom stereocenters. The highest BCUT2D eigenvalue weighted by atomic mass is 19.4. The lowest BCUT2D eigenvalue weighted by Gasteiger charge is -2.32. The molecule has 3 heterocycles. The number of benzene rings is 2. The van der Waals surface area contributed by atoms with Gasteiger partial charge in [0.05, 0.1) is 11.1 Å². The third kappa shape index (κ3) is 6.48. The number of halogens is 4. The number of nitrogens with one attached hydrogen (secondary N) is 1. The van der Waals surface area contributed by atoms with Crippen LogP contribution in [0.2, 0.25) is 0 Å². The van der Waals surface area contributed by atoms with Crippen LogP contribution in [0.3, 0.4) is 0 Å². The minimum atomic E-state index is -4.98. The van der Waals surface area contributed by atoms with Crippen molar-refractivity contribution in [2.45, 2.75) is 57.8 Å². The van der Waals surface area contributed by atoms with Crippen molar-refractivity contribution in [3.05, 3.63) is 101 Å². The number of para-hydroxylation sites is 1. The van der Waals surface area contributed by atoms with Gasteiger partial charge in [-0.15, -0.1) is 0 Å². The van der Waals surface area contributed by atoms with Crippen molar-refractivity contribution in [3.63, 3.8) is 0 Å². The summed E-state index contributed by atoms with van der Waals surface area (Å²) in [6.07, 6.45) is 3.39. The average molecular weight is 581 g/mol. The summed E-state index contributed by atoms with van der Waals surface area (Å²) < 4.78 is 54.5. The number of hydrogen-bond donors (Lipinski definition) is 1. The van der Waals surface area contributed by atoms with Gasteiger partial charge in [0.15, 0.2) is 0 Å². The monoisotopic (exact) mass is 580 g/mol. The first-order valence-electron chi connectivity index (χ1n) is 14.0. The van der Waals surface area contributed by atoms with Crippen molar-refractivity contribution in [3.8, 4) is 0 Å². The van der Waals surface area contributed by atoms with Gasteiger partial charge >= 0.3 is 12.1 Å². The molecule has 2 aromatic carbocycles. The molecule has 42 heavy (non-hydrogen) atoms. The normalized spacial score (nSPS) is 14.4. The molecule has 0 aliphatic carbocycles. The Morgan fingerprint density at radius 1 is 1.05 bits per heavy atom. The number of aromatic nitrogens is 2. The Bertz CT molecular complexity index is 1570. The highest BCUT2D eigenvalue weighted by Gasteiger charge is 2.38. The van der Waals surface area contributed by atoms with Crippen LogP contribution in [-0.2, 0) is 24.3 Å². The SMILES string of the molecule is Cc1cccc2c(C(=O)N3CCC(c4cc(CNC(=O)C(F)(F)F)ccc4F)CC3)cn(CCCc3cccnc3)c12. The van der Waals surface area contributed by atoms with Crippen LogP contribution in [-0.4, -0.2) is 45.5 Å². The van der Waals surface area contributed by atoms with Crippen LogP contribution >= 0.6 is 0 Å². The second-order valence-corrected chi connectivity index (χ2v) is 10.8. The van der Waals surface area contributed by atoms with Gasteiger partial charge in [0.1, 0.15) is 5.82 Å². The number of piperidine rings is 1. The second-order valence-electron chi connectivity index (χ2n) is 10.8. The highest BCUT2D eigenvalue weighted by Crippen LogP contribution is 2.33. The number of pyridine rings is 1. The van der Waals surface area contributed by atoms with E-state index in [0.717, 1.165) is 41.4 Å². The quantitative estimate of drug-likeness (QED) is 0.248. The minimum Gasteiger partial charge on any atom is -0.346 e. The zero-order valence-electron chi connectivity index (χ0n) is 23.3. The van der Waals surface area contributed by atoms with E-state index in [9.17, 15) is 27.2 Å². The molecule has 1 N–H and O–H groups in total. The van der Waals surface area contributed by atoms with Gasteiger partial charge in [0.2, 0.25) is 0 Å². The molecule has 0 bridgehead atoms. The van der Waals surface area contributed by atoms with E-state index in [0.29, 0.717) is 42.6 Å². The fourth-order valence-electron chi connectivity index (χ4n) is 5.76. The number of fused-ring (bicyclic) bond motifs is 1. The predicted molar refractivity (Wildman–Crippen MR) is 151 cm³/mol. The van der Waals surface area contributed by atoms with E-state index in [1.165, 1.54) is 18.2 Å². The van der Waals surface area contributed by atoms with Crippen LogP contribution in [0.5, 0.6) is 0 Å². The molecule has 0 saturated carbocycles. The fourth-order valence-corrected chi connectivity index (χ4v) is 5.76. The van der Waals surface area contributed by atoms with Crippen LogP contribution in [0.1, 0.15) is 57.8 Å². The molecule has 1 aliphatic heterocycles. The summed E-state index contributed by atoms with van der Waals surface area (Å²) in [5.41, 5.74) is 4.71. The maximum atomic E-state index is 14.7. The number of hydrogen-bond acceptors (Lipinski definition) is 3. The lowest BCUT2D eigenvalue weighted by molar-refractivity contribution is -0.173. The molecular formula is C32H32F4N4O2. The van der Waals surface area contributed by atoms with Crippen LogP contribution in [0.15, 0.2) is 67.1 Å². The van der Waals surface area contributed by atoms with Crippen LogP contribution < -0.4 is 5.32 Å². The zero-order valence-corrected chi connectivity index (χ0v) is 23.3. The second kappa shape index (κ2) is 12.3. The van der Waals surface area contributed by atoms with Crippen molar-refractivity contribution in [2.75, 3.05) is 13.1 Å².